The Kier molecular flexibility index (Phi) is 6.91. The number of methoxy groups -OCH3 is 1. The molecule has 0 saturated carbocycles. The highest BCUT2D eigenvalue weighted by Crippen LogP contribution is 2.22. The minimum absolute atomic E-state index is 0.0978. The number of nitrogens with zero attached hydrogens (tertiary/aromatic N) is 1. The molecule has 27 heavy (non-hydrogen) atoms. The van der Waals surface area contributed by atoms with Crippen molar-refractivity contribution < 1.29 is 14.4 Å². The van der Waals surface area contributed by atoms with Gasteiger partial charge in [0.25, 0.3) is 0 Å². The highest BCUT2D eigenvalue weighted by atomic mass is 79.9. The Morgan fingerprint density at radius 3 is 2.78 bits per heavy atom. The van der Waals surface area contributed by atoms with Crippen molar-refractivity contribution >= 4 is 21.8 Å². The van der Waals surface area contributed by atoms with Gasteiger partial charge >= 0.3 is 0 Å². The molecule has 1 saturated heterocycles. The number of quaternary nitrogens is 1. The van der Waals surface area contributed by atoms with Gasteiger partial charge in [0, 0.05) is 23.6 Å². The third-order valence-electron chi connectivity index (χ3n) is 5.29. The molecule has 0 spiro atoms. The maximum atomic E-state index is 13.0. The number of nitrogens with one attached hydrogen (secondary N) is 1. The Balaban J connectivity index is 1.62. The van der Waals surface area contributed by atoms with E-state index in [4.69, 9.17) is 4.74 Å². The zero-order chi connectivity index (χ0) is 19.2. The average molecular weight is 432 g/mol. The summed E-state index contributed by atoms with van der Waals surface area (Å²) in [5, 5.41) is 0. The van der Waals surface area contributed by atoms with Crippen molar-refractivity contribution in [1.29, 1.82) is 0 Å². The zero-order valence-electron chi connectivity index (χ0n) is 16.1. The van der Waals surface area contributed by atoms with Crippen LogP contribution in [0.2, 0.25) is 0 Å². The monoisotopic (exact) mass is 431 g/mol. The van der Waals surface area contributed by atoms with Gasteiger partial charge in [-0.15, -0.1) is 0 Å². The quantitative estimate of drug-likeness (QED) is 0.762. The van der Waals surface area contributed by atoms with Gasteiger partial charge in [-0.2, -0.15) is 0 Å². The Bertz CT molecular complexity index is 766. The van der Waals surface area contributed by atoms with Gasteiger partial charge < -0.3 is 14.5 Å². The van der Waals surface area contributed by atoms with E-state index in [1.54, 1.807) is 7.11 Å². The van der Waals surface area contributed by atoms with Crippen LogP contribution < -0.4 is 9.64 Å². The summed E-state index contributed by atoms with van der Waals surface area (Å²) in [6.45, 7) is 3.54. The minimum Gasteiger partial charge on any atom is -0.496 e. The zero-order valence-corrected chi connectivity index (χ0v) is 17.7. The smallest absolute Gasteiger partial charge is 0.231 e. The van der Waals surface area contributed by atoms with E-state index in [0.29, 0.717) is 6.54 Å². The largest absolute Gasteiger partial charge is 0.496 e. The number of hydrogen-bond acceptors (Lipinski definition) is 2. The molecule has 1 unspecified atom stereocenters. The number of ether oxygens (including phenoxy) is 1. The number of likely N-dealkylation sites (tertiary alicyclic amines) is 1. The molecule has 2 aromatic carbocycles. The van der Waals surface area contributed by atoms with Crippen LogP contribution in [0.25, 0.3) is 0 Å². The van der Waals surface area contributed by atoms with Gasteiger partial charge in [-0.05, 0) is 36.6 Å². The van der Waals surface area contributed by atoms with Crippen LogP contribution >= 0.6 is 15.9 Å². The molecule has 1 fully saturated rings. The summed E-state index contributed by atoms with van der Waals surface area (Å²) in [4.78, 5) is 16.3. The molecule has 1 aliphatic heterocycles. The molecule has 1 heterocycles. The second kappa shape index (κ2) is 9.38. The number of amides is 1. The lowest BCUT2D eigenvalue weighted by Gasteiger charge is -2.32. The first-order valence-corrected chi connectivity index (χ1v) is 10.3. The van der Waals surface area contributed by atoms with Crippen molar-refractivity contribution in [2.24, 2.45) is 5.92 Å². The van der Waals surface area contributed by atoms with Crippen molar-refractivity contribution in [3.63, 3.8) is 0 Å². The minimum atomic E-state index is 0.0978. The average Bonchev–Trinajstić information content (AvgIpc) is 2.68. The van der Waals surface area contributed by atoms with Crippen LogP contribution in [0.1, 0.15) is 24.0 Å². The molecule has 2 atom stereocenters. The van der Waals surface area contributed by atoms with Crippen LogP contribution in [-0.4, -0.2) is 38.1 Å². The predicted molar refractivity (Wildman–Crippen MR) is 111 cm³/mol. The Morgan fingerprint density at radius 1 is 1.26 bits per heavy atom. The van der Waals surface area contributed by atoms with Crippen LogP contribution in [0, 0.1) is 5.92 Å². The van der Waals surface area contributed by atoms with Crippen molar-refractivity contribution in [3.05, 3.63) is 64.1 Å². The van der Waals surface area contributed by atoms with E-state index < -0.39 is 0 Å². The van der Waals surface area contributed by atoms with Crippen molar-refractivity contribution in [2.75, 3.05) is 27.2 Å². The molecular formula is C22H28BrN2O2+. The summed E-state index contributed by atoms with van der Waals surface area (Å²) in [5.41, 5.74) is 2.36. The lowest BCUT2D eigenvalue weighted by Crippen LogP contribution is -3.12. The molecule has 1 N–H and O–H groups in total. The first kappa shape index (κ1) is 19.9. The molecular weight excluding hydrogens is 404 g/mol. The molecule has 1 amide bonds. The maximum absolute atomic E-state index is 13.0. The summed E-state index contributed by atoms with van der Waals surface area (Å²) in [6, 6.07) is 16.3. The van der Waals surface area contributed by atoms with Gasteiger partial charge in [-0.1, -0.05) is 46.3 Å². The first-order valence-electron chi connectivity index (χ1n) is 9.51. The standard InChI is InChI=1S/C22H27BrN2O2/c1-24(14-17-7-4-3-5-8-17)22(26)18-9-6-12-25(15-18)16-19-13-20(23)10-11-21(19)27-2/h3-5,7-8,10-11,13,18H,6,9,12,14-16H2,1-2H3/p+1/t18-/m1/s1. The van der Waals surface area contributed by atoms with Crippen LogP contribution in [0.15, 0.2) is 53.0 Å². The summed E-state index contributed by atoms with van der Waals surface area (Å²) in [5.74, 6) is 1.28. The summed E-state index contributed by atoms with van der Waals surface area (Å²) in [7, 11) is 3.63. The maximum Gasteiger partial charge on any atom is 0.231 e. The van der Waals surface area contributed by atoms with Gasteiger partial charge in [0.2, 0.25) is 5.91 Å². The number of carbonyl (C=O) groups excluding carboxylic acids is 1. The van der Waals surface area contributed by atoms with Crippen LogP contribution in [0.4, 0.5) is 0 Å². The number of halogens is 1. The number of benzene rings is 2. The second-order valence-electron chi connectivity index (χ2n) is 7.36. The highest BCUT2D eigenvalue weighted by Gasteiger charge is 2.31. The van der Waals surface area contributed by atoms with Gasteiger partial charge in [-0.25, -0.2) is 0 Å². The summed E-state index contributed by atoms with van der Waals surface area (Å²) < 4.78 is 6.57. The molecule has 3 rings (SSSR count). The molecule has 0 bridgehead atoms. The van der Waals surface area contributed by atoms with E-state index >= 15 is 0 Å². The van der Waals surface area contributed by atoms with Gasteiger partial charge in [0.05, 0.1) is 26.1 Å². The Labute approximate surface area is 170 Å². The topological polar surface area (TPSA) is 34.0 Å². The fourth-order valence-electron chi connectivity index (χ4n) is 3.92. The molecule has 2 aromatic rings. The molecule has 5 heteroatoms. The fraction of sp³-hybridized carbons (Fsp3) is 0.409. The molecule has 4 nitrogen and oxygen atoms in total. The van der Waals surface area contributed by atoms with Gasteiger partial charge in [0.15, 0.2) is 0 Å². The second-order valence-corrected chi connectivity index (χ2v) is 8.27. The Hall–Kier alpha value is -1.85. The summed E-state index contributed by atoms with van der Waals surface area (Å²) >= 11 is 3.55. The fourth-order valence-corrected chi connectivity index (χ4v) is 4.33. The van der Waals surface area contributed by atoms with Crippen LogP contribution in [0.3, 0.4) is 0 Å². The van der Waals surface area contributed by atoms with Gasteiger partial charge in [-0.3, -0.25) is 4.79 Å². The third-order valence-corrected chi connectivity index (χ3v) is 5.78. The number of rotatable bonds is 6. The lowest BCUT2D eigenvalue weighted by atomic mass is 9.96. The molecule has 0 aliphatic carbocycles. The molecule has 1 aliphatic rings. The van der Waals surface area contributed by atoms with Gasteiger partial charge in [0.1, 0.15) is 12.3 Å². The van der Waals surface area contributed by atoms with E-state index in [2.05, 4.69) is 34.1 Å². The predicted octanol–water partition coefficient (Wildman–Crippen LogP) is 2.91. The number of piperidine rings is 1. The van der Waals surface area contributed by atoms with Crippen molar-refractivity contribution in [3.8, 4) is 5.75 Å². The van der Waals surface area contributed by atoms with E-state index in [0.717, 1.165) is 42.7 Å². The molecule has 0 radical (unpaired) electrons. The van der Waals surface area contributed by atoms with E-state index in [-0.39, 0.29) is 11.8 Å². The lowest BCUT2D eigenvalue weighted by molar-refractivity contribution is -0.921. The van der Waals surface area contributed by atoms with Crippen LogP contribution in [0.5, 0.6) is 5.75 Å². The molecule has 144 valence electrons. The van der Waals surface area contributed by atoms with Crippen molar-refractivity contribution in [1.82, 2.24) is 4.90 Å². The Morgan fingerprint density at radius 2 is 2.04 bits per heavy atom. The van der Waals surface area contributed by atoms with Crippen LogP contribution in [-0.2, 0) is 17.9 Å². The third kappa shape index (κ3) is 5.33. The highest BCUT2D eigenvalue weighted by molar-refractivity contribution is 9.10. The van der Waals surface area contributed by atoms with E-state index in [1.807, 2.05) is 42.3 Å². The van der Waals surface area contributed by atoms with E-state index in [9.17, 15) is 4.79 Å². The first-order chi connectivity index (χ1) is 13.1. The normalized spacial score (nSPS) is 19.5. The molecule has 0 aromatic heterocycles. The van der Waals surface area contributed by atoms with E-state index in [1.165, 1.54) is 16.0 Å². The SMILES string of the molecule is COc1ccc(Br)cc1C[NH+]1CCC[C@@H](C(=O)N(C)Cc2ccccc2)C1. The number of hydrogen-bond donors (Lipinski definition) is 1. The number of carbonyl (C=O) groups is 1. The van der Waals surface area contributed by atoms with Crippen molar-refractivity contribution in [2.45, 2.75) is 25.9 Å². The summed E-state index contributed by atoms with van der Waals surface area (Å²) in [6.07, 6.45) is 2.07.